The third-order valence-corrected chi connectivity index (χ3v) is 4.63. The fourth-order valence-corrected chi connectivity index (χ4v) is 3.07. The van der Waals surface area contributed by atoms with Crippen molar-refractivity contribution in [2.75, 3.05) is 0 Å². The van der Waals surface area contributed by atoms with Crippen LogP contribution in [0.1, 0.15) is 23.6 Å². The molecular weight excluding hydrogens is 448 g/mol. The monoisotopic (exact) mass is 460 g/mol. The first-order chi connectivity index (χ1) is 12.3. The van der Waals surface area contributed by atoms with Gasteiger partial charge in [-0.3, -0.25) is 0 Å². The SMILES string of the molecule is CCc1ccc(CC(F)(F)F)cc1-c1cc(C(F)(F)C(F)(F)F)ccc1Br. The standard InChI is InChI=1S/C18H13BrF8/c1-2-11-4-3-10(9-16(20,21)22)7-13(11)14-8-12(5-6-15(14)19)17(23,24)18(25,26)27/h3-8H,2,9H2,1H3. The van der Waals surface area contributed by atoms with Crippen molar-refractivity contribution < 1.29 is 35.1 Å². The lowest BCUT2D eigenvalue weighted by atomic mass is 9.93. The molecule has 9 heteroatoms. The van der Waals surface area contributed by atoms with Gasteiger partial charge in [0.1, 0.15) is 0 Å². The second-order valence-corrected chi connectivity index (χ2v) is 6.76. The van der Waals surface area contributed by atoms with Crippen molar-refractivity contribution in [1.82, 2.24) is 0 Å². The molecule has 0 aliphatic heterocycles. The molecule has 0 bridgehead atoms. The molecule has 27 heavy (non-hydrogen) atoms. The number of rotatable bonds is 4. The van der Waals surface area contributed by atoms with E-state index in [4.69, 9.17) is 0 Å². The van der Waals surface area contributed by atoms with E-state index in [0.29, 0.717) is 24.1 Å². The first kappa shape index (κ1) is 21.7. The highest BCUT2D eigenvalue weighted by atomic mass is 79.9. The average Bonchev–Trinajstić information content (AvgIpc) is 2.52. The topological polar surface area (TPSA) is 0 Å². The van der Waals surface area contributed by atoms with Gasteiger partial charge in [-0.05, 0) is 40.8 Å². The molecule has 0 spiro atoms. The van der Waals surface area contributed by atoms with Gasteiger partial charge in [-0.1, -0.05) is 47.1 Å². The Kier molecular flexibility index (Phi) is 5.94. The van der Waals surface area contributed by atoms with Crippen molar-refractivity contribution in [2.24, 2.45) is 0 Å². The summed E-state index contributed by atoms with van der Waals surface area (Å²) in [6.45, 7) is 1.70. The third kappa shape index (κ3) is 4.80. The van der Waals surface area contributed by atoms with E-state index in [2.05, 4.69) is 15.9 Å². The molecule has 0 N–H and O–H groups in total. The molecule has 0 aliphatic rings. The largest absolute Gasteiger partial charge is 0.458 e. The Morgan fingerprint density at radius 3 is 1.96 bits per heavy atom. The van der Waals surface area contributed by atoms with Crippen LogP contribution in [0.4, 0.5) is 35.1 Å². The molecule has 0 aromatic heterocycles. The molecule has 0 unspecified atom stereocenters. The van der Waals surface area contributed by atoms with E-state index in [-0.39, 0.29) is 21.2 Å². The van der Waals surface area contributed by atoms with Gasteiger partial charge in [-0.15, -0.1) is 0 Å². The van der Waals surface area contributed by atoms with Gasteiger partial charge >= 0.3 is 18.3 Å². The minimum absolute atomic E-state index is 0.0303. The molecule has 0 heterocycles. The fourth-order valence-electron chi connectivity index (χ4n) is 2.61. The van der Waals surface area contributed by atoms with Gasteiger partial charge in [0.25, 0.3) is 0 Å². The van der Waals surface area contributed by atoms with E-state index >= 15 is 0 Å². The Morgan fingerprint density at radius 2 is 1.44 bits per heavy atom. The second kappa shape index (κ2) is 7.41. The Hall–Kier alpha value is -1.64. The van der Waals surface area contributed by atoms with Crippen LogP contribution >= 0.6 is 15.9 Å². The summed E-state index contributed by atoms with van der Waals surface area (Å²) in [6, 6.07) is 6.16. The summed E-state index contributed by atoms with van der Waals surface area (Å²) in [7, 11) is 0. The Labute approximate surface area is 158 Å². The average molecular weight is 461 g/mol. The van der Waals surface area contributed by atoms with Gasteiger partial charge in [0.15, 0.2) is 0 Å². The first-order valence-corrected chi connectivity index (χ1v) is 8.49. The predicted molar refractivity (Wildman–Crippen MR) is 88.7 cm³/mol. The first-order valence-electron chi connectivity index (χ1n) is 7.69. The van der Waals surface area contributed by atoms with Crippen molar-refractivity contribution in [2.45, 2.75) is 38.0 Å². The molecule has 0 radical (unpaired) electrons. The summed E-state index contributed by atoms with van der Waals surface area (Å²) >= 11 is 3.09. The number of alkyl halides is 8. The number of hydrogen-bond donors (Lipinski definition) is 0. The predicted octanol–water partition coefficient (Wildman–Crippen LogP) is 7.44. The summed E-state index contributed by atoms with van der Waals surface area (Å²) < 4.78 is 104. The van der Waals surface area contributed by atoms with Crippen molar-refractivity contribution in [3.05, 3.63) is 57.6 Å². The van der Waals surface area contributed by atoms with E-state index in [9.17, 15) is 35.1 Å². The highest BCUT2D eigenvalue weighted by Crippen LogP contribution is 2.46. The van der Waals surface area contributed by atoms with Crippen LogP contribution < -0.4 is 0 Å². The van der Waals surface area contributed by atoms with E-state index in [1.165, 1.54) is 18.2 Å². The zero-order valence-corrected chi connectivity index (χ0v) is 15.4. The lowest BCUT2D eigenvalue weighted by Crippen LogP contribution is -2.33. The van der Waals surface area contributed by atoms with Crippen LogP contribution in [0.5, 0.6) is 0 Å². The minimum atomic E-state index is -5.79. The molecular formula is C18H13BrF8. The van der Waals surface area contributed by atoms with Gasteiger partial charge < -0.3 is 0 Å². The summed E-state index contributed by atoms with van der Waals surface area (Å²) in [6.07, 6.45) is -11.1. The van der Waals surface area contributed by atoms with Crippen LogP contribution in [0.25, 0.3) is 11.1 Å². The van der Waals surface area contributed by atoms with E-state index < -0.39 is 30.3 Å². The van der Waals surface area contributed by atoms with Gasteiger partial charge in [0, 0.05) is 10.0 Å². The maximum absolute atomic E-state index is 13.7. The lowest BCUT2D eigenvalue weighted by Gasteiger charge is -2.21. The van der Waals surface area contributed by atoms with Gasteiger partial charge in [0.05, 0.1) is 6.42 Å². The Morgan fingerprint density at radius 1 is 0.815 bits per heavy atom. The number of aryl methyl sites for hydroxylation is 1. The molecule has 2 rings (SSSR count). The van der Waals surface area contributed by atoms with Crippen LogP contribution in [-0.4, -0.2) is 12.4 Å². The molecule has 0 saturated carbocycles. The number of halogens is 9. The summed E-state index contributed by atoms with van der Waals surface area (Å²) in [5, 5.41) is 0. The van der Waals surface area contributed by atoms with Crippen molar-refractivity contribution in [3.63, 3.8) is 0 Å². The quantitative estimate of drug-likeness (QED) is 0.416. The van der Waals surface area contributed by atoms with Crippen LogP contribution in [-0.2, 0) is 18.8 Å². The second-order valence-electron chi connectivity index (χ2n) is 5.90. The molecule has 0 amide bonds. The fraction of sp³-hybridized carbons (Fsp3) is 0.333. The normalized spacial score (nSPS) is 13.1. The van der Waals surface area contributed by atoms with Crippen LogP contribution in [0.2, 0.25) is 0 Å². The highest BCUT2D eigenvalue weighted by Gasteiger charge is 2.58. The zero-order chi connectivity index (χ0) is 20.6. The van der Waals surface area contributed by atoms with Gasteiger partial charge in [-0.2, -0.15) is 35.1 Å². The summed E-state index contributed by atoms with van der Waals surface area (Å²) in [5.74, 6) is -5.08. The van der Waals surface area contributed by atoms with Crippen LogP contribution in [0, 0.1) is 0 Å². The van der Waals surface area contributed by atoms with E-state index in [1.807, 2.05) is 0 Å². The smallest absolute Gasteiger partial charge is 0.191 e. The molecule has 0 saturated heterocycles. The lowest BCUT2D eigenvalue weighted by molar-refractivity contribution is -0.289. The molecule has 0 atom stereocenters. The number of hydrogen-bond acceptors (Lipinski definition) is 0. The maximum atomic E-state index is 13.7. The Balaban J connectivity index is 2.63. The van der Waals surface area contributed by atoms with E-state index in [1.54, 1.807) is 6.92 Å². The summed E-state index contributed by atoms with van der Waals surface area (Å²) in [4.78, 5) is 0. The van der Waals surface area contributed by atoms with Crippen LogP contribution in [0.15, 0.2) is 40.9 Å². The maximum Gasteiger partial charge on any atom is 0.458 e. The molecule has 0 aliphatic carbocycles. The number of benzene rings is 2. The minimum Gasteiger partial charge on any atom is -0.191 e. The molecule has 2 aromatic rings. The highest BCUT2D eigenvalue weighted by molar-refractivity contribution is 9.10. The molecule has 0 fully saturated rings. The molecule has 2 aromatic carbocycles. The Bertz CT molecular complexity index is 821. The van der Waals surface area contributed by atoms with Crippen molar-refractivity contribution in [1.29, 1.82) is 0 Å². The van der Waals surface area contributed by atoms with E-state index in [0.717, 1.165) is 6.07 Å². The van der Waals surface area contributed by atoms with Crippen LogP contribution in [0.3, 0.4) is 0 Å². The summed E-state index contributed by atoms with van der Waals surface area (Å²) in [5.41, 5.74) is -0.733. The molecule has 148 valence electrons. The third-order valence-electron chi connectivity index (χ3n) is 3.93. The van der Waals surface area contributed by atoms with Crippen molar-refractivity contribution >= 4 is 15.9 Å². The molecule has 0 nitrogen and oxygen atoms in total. The zero-order valence-electron chi connectivity index (χ0n) is 13.8. The van der Waals surface area contributed by atoms with Crippen molar-refractivity contribution in [3.8, 4) is 11.1 Å². The van der Waals surface area contributed by atoms with Gasteiger partial charge in [-0.25, -0.2) is 0 Å². The van der Waals surface area contributed by atoms with Gasteiger partial charge in [0.2, 0.25) is 0 Å².